The fourth-order valence-electron chi connectivity index (χ4n) is 3.70. The molecular formula is C24H19F6N5O2. The van der Waals surface area contributed by atoms with Gasteiger partial charge in [0, 0.05) is 23.2 Å². The van der Waals surface area contributed by atoms with E-state index in [2.05, 4.69) is 25.6 Å². The van der Waals surface area contributed by atoms with E-state index >= 15 is 0 Å². The number of aromatic nitrogens is 5. The summed E-state index contributed by atoms with van der Waals surface area (Å²) in [5.41, 5.74) is -0.589. The lowest BCUT2D eigenvalue weighted by Crippen LogP contribution is -2.15. The van der Waals surface area contributed by atoms with Gasteiger partial charge in [-0.25, -0.2) is 0 Å². The molecule has 13 heteroatoms. The number of hydrogen-bond acceptors (Lipinski definition) is 5. The van der Waals surface area contributed by atoms with Crippen molar-refractivity contribution in [1.82, 2.24) is 25.6 Å². The molecule has 4 rings (SSSR count). The van der Waals surface area contributed by atoms with Crippen LogP contribution in [-0.4, -0.2) is 38.4 Å². The molecule has 0 saturated carbocycles. The number of benzene rings is 2. The van der Waals surface area contributed by atoms with Crippen LogP contribution in [0.15, 0.2) is 53.3 Å². The van der Waals surface area contributed by atoms with Gasteiger partial charge in [-0.15, -0.1) is 10.2 Å². The maximum atomic E-state index is 14.0. The fourth-order valence-corrected chi connectivity index (χ4v) is 3.70. The van der Waals surface area contributed by atoms with E-state index in [0.29, 0.717) is 11.6 Å². The maximum absolute atomic E-state index is 14.0. The summed E-state index contributed by atoms with van der Waals surface area (Å²) in [6.45, 7) is 1.44. The van der Waals surface area contributed by atoms with Crippen LogP contribution in [0.3, 0.4) is 0 Å². The van der Waals surface area contributed by atoms with E-state index in [-0.39, 0.29) is 34.0 Å². The molecule has 0 unspecified atom stereocenters. The van der Waals surface area contributed by atoms with E-state index in [0.717, 1.165) is 11.6 Å². The van der Waals surface area contributed by atoms with Crippen LogP contribution in [0.4, 0.5) is 26.3 Å². The largest absolute Gasteiger partial charge is 0.494 e. The minimum Gasteiger partial charge on any atom is -0.494 e. The van der Waals surface area contributed by atoms with Gasteiger partial charge in [-0.1, -0.05) is 29.8 Å². The quantitative estimate of drug-likeness (QED) is 0.231. The van der Waals surface area contributed by atoms with Crippen molar-refractivity contribution in [3.8, 4) is 39.5 Å². The van der Waals surface area contributed by atoms with Gasteiger partial charge in [0.25, 0.3) is 5.56 Å². The maximum Gasteiger partial charge on any atom is 0.417 e. The topological polar surface area (TPSA) is 96.5 Å². The number of nitrogens with one attached hydrogen (secondary N) is 2. The highest BCUT2D eigenvalue weighted by Gasteiger charge is 2.35. The molecule has 0 spiro atoms. The van der Waals surface area contributed by atoms with Gasteiger partial charge < -0.3 is 9.72 Å². The summed E-state index contributed by atoms with van der Waals surface area (Å²) in [6, 6.07) is 11.4. The van der Waals surface area contributed by atoms with Gasteiger partial charge in [0.15, 0.2) is 0 Å². The molecule has 2 N–H and O–H groups in total. The Bertz CT molecular complexity index is 1430. The third-order valence-electron chi connectivity index (χ3n) is 5.42. The zero-order valence-corrected chi connectivity index (χ0v) is 19.2. The van der Waals surface area contributed by atoms with Crippen LogP contribution in [0, 0.1) is 6.92 Å². The molecule has 0 atom stereocenters. The van der Waals surface area contributed by atoms with Gasteiger partial charge >= 0.3 is 12.4 Å². The Morgan fingerprint density at radius 1 is 0.946 bits per heavy atom. The number of nitrogens with zero attached hydrogens (tertiary/aromatic N) is 3. The second-order valence-corrected chi connectivity index (χ2v) is 8.17. The molecule has 2 aromatic carbocycles. The average molecular weight is 523 g/mol. The Balaban J connectivity index is 1.79. The van der Waals surface area contributed by atoms with Crippen molar-refractivity contribution < 1.29 is 31.1 Å². The summed E-state index contributed by atoms with van der Waals surface area (Å²) < 4.78 is 84.1. The van der Waals surface area contributed by atoms with Crippen LogP contribution < -0.4 is 10.3 Å². The molecule has 0 saturated heterocycles. The predicted molar refractivity (Wildman–Crippen MR) is 122 cm³/mol. The molecule has 0 radical (unpaired) electrons. The van der Waals surface area contributed by atoms with Crippen LogP contribution in [0.2, 0.25) is 0 Å². The fraction of sp³-hybridized carbons (Fsp3) is 0.250. The summed E-state index contributed by atoms with van der Waals surface area (Å²) in [5, 5.41) is 13.4. The lowest BCUT2D eigenvalue weighted by atomic mass is 9.95. The first kappa shape index (κ1) is 25.9. The number of alkyl halides is 6. The second kappa shape index (κ2) is 10.1. The Morgan fingerprint density at radius 2 is 1.68 bits per heavy atom. The van der Waals surface area contributed by atoms with Crippen LogP contribution in [-0.2, 0) is 6.18 Å². The molecule has 2 heterocycles. The number of rotatable bonds is 7. The molecule has 0 aliphatic carbocycles. The van der Waals surface area contributed by atoms with Crippen molar-refractivity contribution >= 4 is 0 Å². The summed E-state index contributed by atoms with van der Waals surface area (Å²) in [7, 11) is 0. The zero-order chi connectivity index (χ0) is 26.8. The Kier molecular flexibility index (Phi) is 7.05. The molecule has 194 valence electrons. The third kappa shape index (κ3) is 6.16. The van der Waals surface area contributed by atoms with Crippen LogP contribution >= 0.6 is 0 Å². The number of halogens is 6. The highest BCUT2D eigenvalue weighted by atomic mass is 19.4. The summed E-state index contributed by atoms with van der Waals surface area (Å²) >= 11 is 0. The first-order valence-electron chi connectivity index (χ1n) is 10.9. The zero-order valence-electron chi connectivity index (χ0n) is 19.2. The van der Waals surface area contributed by atoms with Crippen molar-refractivity contribution in [3.63, 3.8) is 0 Å². The van der Waals surface area contributed by atoms with Crippen molar-refractivity contribution in [3.05, 3.63) is 70.0 Å². The number of pyridine rings is 1. The van der Waals surface area contributed by atoms with Gasteiger partial charge in [0.1, 0.15) is 5.75 Å². The number of tetrazole rings is 1. The molecular weight excluding hydrogens is 504 g/mol. The minimum atomic E-state index is -4.85. The molecule has 0 aliphatic rings. The van der Waals surface area contributed by atoms with Gasteiger partial charge in [-0.2, -0.15) is 31.6 Å². The number of hydrogen-bond donors (Lipinski definition) is 2. The van der Waals surface area contributed by atoms with Crippen LogP contribution in [0.25, 0.3) is 33.8 Å². The monoisotopic (exact) mass is 523 g/mol. The van der Waals surface area contributed by atoms with Gasteiger partial charge in [0.2, 0.25) is 5.82 Å². The van der Waals surface area contributed by atoms with Gasteiger partial charge in [0.05, 0.1) is 17.7 Å². The van der Waals surface area contributed by atoms with Crippen molar-refractivity contribution in [2.24, 2.45) is 0 Å². The van der Waals surface area contributed by atoms with Crippen LogP contribution in [0.5, 0.6) is 5.75 Å². The first-order valence-corrected chi connectivity index (χ1v) is 10.9. The Hall–Kier alpha value is -4.16. The highest BCUT2D eigenvalue weighted by molar-refractivity contribution is 5.83. The molecule has 0 bridgehead atoms. The minimum absolute atomic E-state index is 0.0135. The first-order chi connectivity index (χ1) is 17.4. The molecule has 0 aliphatic heterocycles. The molecule has 0 fully saturated rings. The Morgan fingerprint density at radius 3 is 2.30 bits per heavy atom. The van der Waals surface area contributed by atoms with Crippen molar-refractivity contribution in [2.45, 2.75) is 32.1 Å². The van der Waals surface area contributed by atoms with Crippen molar-refractivity contribution in [2.75, 3.05) is 6.61 Å². The SMILES string of the molecule is Cc1ccc(-c2cc(-c3ccc(OCCCC(F)(F)F)cc3C(F)(F)F)[nH]c(=O)c2-c2nn[nH]n2)cc1. The smallest absolute Gasteiger partial charge is 0.417 e. The van der Waals surface area contributed by atoms with Crippen molar-refractivity contribution in [1.29, 1.82) is 0 Å². The molecule has 37 heavy (non-hydrogen) atoms. The van der Waals surface area contributed by atoms with E-state index in [4.69, 9.17) is 4.74 Å². The molecule has 0 amide bonds. The van der Waals surface area contributed by atoms with E-state index < -0.39 is 42.9 Å². The molecule has 4 aromatic rings. The van der Waals surface area contributed by atoms with E-state index in [1.165, 1.54) is 12.1 Å². The summed E-state index contributed by atoms with van der Waals surface area (Å²) in [6.07, 6.45) is -10.8. The normalized spacial score (nSPS) is 12.1. The molecule has 7 nitrogen and oxygen atoms in total. The standard InChI is InChI=1S/C24H19F6N5O2/c1-13-3-5-14(6-4-13)17-12-19(31-22(36)20(17)21-32-34-35-33-21)16-8-7-15(11-18(16)24(28,29)30)37-10-2-9-23(25,26)27/h3-8,11-12H,2,9-10H2,1H3,(H,31,36)(H,32,33,34,35). The summed E-state index contributed by atoms with van der Waals surface area (Å²) in [5.74, 6) is -0.287. The number of ether oxygens (including phenoxy) is 1. The van der Waals surface area contributed by atoms with E-state index in [1.807, 2.05) is 6.92 Å². The number of aryl methyl sites for hydroxylation is 1. The van der Waals surface area contributed by atoms with Gasteiger partial charge in [-0.3, -0.25) is 4.79 Å². The lowest BCUT2D eigenvalue weighted by Gasteiger charge is -2.17. The van der Waals surface area contributed by atoms with Gasteiger partial charge in [-0.05, 0) is 48.4 Å². The number of H-pyrrole nitrogens is 2. The lowest BCUT2D eigenvalue weighted by molar-refractivity contribution is -0.137. The predicted octanol–water partition coefficient (Wildman–Crippen LogP) is 5.94. The average Bonchev–Trinajstić information content (AvgIpc) is 3.35. The summed E-state index contributed by atoms with van der Waals surface area (Å²) in [4.78, 5) is 15.5. The molecule has 2 aromatic heterocycles. The van der Waals surface area contributed by atoms with E-state index in [1.54, 1.807) is 24.3 Å². The number of aromatic amines is 2. The highest BCUT2D eigenvalue weighted by Crippen LogP contribution is 2.40. The Labute approximate surface area is 205 Å². The third-order valence-corrected chi connectivity index (χ3v) is 5.42. The van der Waals surface area contributed by atoms with Crippen LogP contribution in [0.1, 0.15) is 24.0 Å². The van der Waals surface area contributed by atoms with E-state index in [9.17, 15) is 31.1 Å². The second-order valence-electron chi connectivity index (χ2n) is 8.17.